The van der Waals surface area contributed by atoms with Gasteiger partial charge in [-0.15, -0.1) is 10.2 Å². The zero-order valence-corrected chi connectivity index (χ0v) is 11.0. The first-order chi connectivity index (χ1) is 8.99. The smallest absolute Gasteiger partial charge is 0.238 e. The highest BCUT2D eigenvalue weighted by Gasteiger charge is 2.07. The Balaban J connectivity index is 2.15. The molecule has 6 nitrogen and oxygen atoms in total. The summed E-state index contributed by atoms with van der Waals surface area (Å²) in [4.78, 5) is 0.224. The standard InChI is InChI=1S/C12H12N2O4S/c1-19(16,17)11-5-3-10(4-6-11)18-12-7-2-9(8-15)13-14-12/h2-7,15H,8H2,1H3. The summed E-state index contributed by atoms with van der Waals surface area (Å²) in [6.07, 6.45) is 1.14. The molecule has 0 aliphatic carbocycles. The third-order valence-corrected chi connectivity index (χ3v) is 3.46. The maximum atomic E-state index is 11.3. The van der Waals surface area contributed by atoms with Gasteiger partial charge in [-0.25, -0.2) is 8.42 Å². The second kappa shape index (κ2) is 5.33. The molecule has 1 aromatic carbocycles. The molecule has 2 aromatic rings. The second-order valence-electron chi connectivity index (χ2n) is 3.87. The van der Waals surface area contributed by atoms with Gasteiger partial charge in [0.25, 0.3) is 0 Å². The van der Waals surface area contributed by atoms with E-state index in [0.29, 0.717) is 11.4 Å². The van der Waals surface area contributed by atoms with Crippen LogP contribution in [-0.2, 0) is 16.4 Å². The predicted molar refractivity (Wildman–Crippen MR) is 67.6 cm³/mol. The Bertz CT molecular complexity index is 651. The quantitative estimate of drug-likeness (QED) is 0.904. The Morgan fingerprint density at radius 3 is 2.26 bits per heavy atom. The minimum absolute atomic E-state index is 0.184. The van der Waals surface area contributed by atoms with E-state index < -0.39 is 9.84 Å². The van der Waals surface area contributed by atoms with Crippen LogP contribution in [0.1, 0.15) is 5.69 Å². The third kappa shape index (κ3) is 3.49. The van der Waals surface area contributed by atoms with Crippen LogP contribution in [0.25, 0.3) is 0 Å². The number of sulfone groups is 1. The monoisotopic (exact) mass is 280 g/mol. The number of aliphatic hydroxyl groups excluding tert-OH is 1. The SMILES string of the molecule is CS(=O)(=O)c1ccc(Oc2ccc(CO)nn2)cc1. The minimum Gasteiger partial charge on any atom is -0.438 e. The fourth-order valence-electron chi connectivity index (χ4n) is 1.36. The fourth-order valence-corrected chi connectivity index (χ4v) is 1.99. The molecule has 0 aliphatic heterocycles. The lowest BCUT2D eigenvalue weighted by atomic mass is 10.3. The van der Waals surface area contributed by atoms with Crippen LogP contribution in [0.5, 0.6) is 11.6 Å². The van der Waals surface area contributed by atoms with Crippen LogP contribution >= 0.6 is 0 Å². The lowest BCUT2D eigenvalue weighted by Gasteiger charge is -2.05. The van der Waals surface area contributed by atoms with E-state index in [1.54, 1.807) is 12.1 Å². The molecule has 2 rings (SSSR count). The number of benzene rings is 1. The summed E-state index contributed by atoms with van der Waals surface area (Å²) in [5, 5.41) is 16.3. The number of nitrogens with zero attached hydrogens (tertiary/aromatic N) is 2. The minimum atomic E-state index is -3.21. The molecule has 0 radical (unpaired) electrons. The van der Waals surface area contributed by atoms with E-state index in [2.05, 4.69) is 10.2 Å². The van der Waals surface area contributed by atoms with Gasteiger partial charge < -0.3 is 9.84 Å². The van der Waals surface area contributed by atoms with Crippen molar-refractivity contribution in [3.8, 4) is 11.6 Å². The first-order valence-corrected chi connectivity index (χ1v) is 7.29. The molecule has 0 amide bonds. The molecule has 0 atom stereocenters. The maximum absolute atomic E-state index is 11.3. The fraction of sp³-hybridized carbons (Fsp3) is 0.167. The molecule has 100 valence electrons. The van der Waals surface area contributed by atoms with Crippen molar-refractivity contribution < 1.29 is 18.3 Å². The summed E-state index contributed by atoms with van der Waals surface area (Å²) in [6, 6.07) is 9.16. The van der Waals surface area contributed by atoms with Crippen molar-refractivity contribution in [3.63, 3.8) is 0 Å². The van der Waals surface area contributed by atoms with Crippen LogP contribution in [0, 0.1) is 0 Å². The molecule has 0 aliphatic rings. The molecule has 0 spiro atoms. The molecular weight excluding hydrogens is 268 g/mol. The van der Waals surface area contributed by atoms with Gasteiger partial charge in [0.05, 0.1) is 17.2 Å². The van der Waals surface area contributed by atoms with Gasteiger partial charge in [0, 0.05) is 12.3 Å². The van der Waals surface area contributed by atoms with E-state index in [0.717, 1.165) is 6.26 Å². The molecule has 7 heteroatoms. The summed E-state index contributed by atoms with van der Waals surface area (Å²) >= 11 is 0. The average molecular weight is 280 g/mol. The Morgan fingerprint density at radius 2 is 1.79 bits per heavy atom. The molecule has 0 fully saturated rings. The summed E-state index contributed by atoms with van der Waals surface area (Å²) in [5.41, 5.74) is 0.444. The van der Waals surface area contributed by atoms with E-state index in [4.69, 9.17) is 9.84 Å². The average Bonchev–Trinajstić information content (AvgIpc) is 2.39. The van der Waals surface area contributed by atoms with E-state index >= 15 is 0 Å². The van der Waals surface area contributed by atoms with Gasteiger partial charge in [0.15, 0.2) is 9.84 Å². The third-order valence-electron chi connectivity index (χ3n) is 2.33. The lowest BCUT2D eigenvalue weighted by molar-refractivity contribution is 0.274. The van der Waals surface area contributed by atoms with Crippen LogP contribution in [0.4, 0.5) is 0 Å². The molecule has 0 bridgehead atoms. The largest absolute Gasteiger partial charge is 0.438 e. The highest BCUT2D eigenvalue weighted by molar-refractivity contribution is 7.90. The summed E-state index contributed by atoms with van der Waals surface area (Å²) < 4.78 is 28.0. The van der Waals surface area contributed by atoms with Gasteiger partial charge in [-0.1, -0.05) is 0 Å². The van der Waals surface area contributed by atoms with E-state index in [1.165, 1.54) is 24.3 Å². The Kier molecular flexibility index (Phi) is 3.77. The number of hydrogen-bond acceptors (Lipinski definition) is 6. The molecular formula is C12H12N2O4S. The maximum Gasteiger partial charge on any atom is 0.238 e. The first kappa shape index (κ1) is 13.4. The molecule has 0 saturated heterocycles. The van der Waals surface area contributed by atoms with Gasteiger partial charge >= 0.3 is 0 Å². The van der Waals surface area contributed by atoms with Crippen molar-refractivity contribution in [1.82, 2.24) is 10.2 Å². The van der Waals surface area contributed by atoms with Gasteiger partial charge in [-0.2, -0.15) is 0 Å². The van der Waals surface area contributed by atoms with Crippen molar-refractivity contribution in [2.24, 2.45) is 0 Å². The lowest BCUT2D eigenvalue weighted by Crippen LogP contribution is -1.97. The van der Waals surface area contributed by atoms with E-state index in [9.17, 15) is 8.42 Å². The number of rotatable bonds is 4. The highest BCUT2D eigenvalue weighted by atomic mass is 32.2. The van der Waals surface area contributed by atoms with Crippen LogP contribution < -0.4 is 4.74 Å². The Labute approximate surface area is 110 Å². The van der Waals surface area contributed by atoms with E-state index in [1.807, 2.05) is 0 Å². The Morgan fingerprint density at radius 1 is 1.11 bits per heavy atom. The first-order valence-electron chi connectivity index (χ1n) is 5.40. The number of hydrogen-bond donors (Lipinski definition) is 1. The highest BCUT2D eigenvalue weighted by Crippen LogP contribution is 2.20. The second-order valence-corrected chi connectivity index (χ2v) is 5.88. The van der Waals surface area contributed by atoms with Gasteiger partial charge in [-0.3, -0.25) is 0 Å². The van der Waals surface area contributed by atoms with Gasteiger partial charge in [0.1, 0.15) is 5.75 Å². The van der Waals surface area contributed by atoms with Crippen LogP contribution in [0.3, 0.4) is 0 Å². The summed E-state index contributed by atoms with van der Waals surface area (Å²) in [5.74, 6) is 0.725. The van der Waals surface area contributed by atoms with Crippen LogP contribution in [-0.4, -0.2) is 30.0 Å². The predicted octanol–water partition coefficient (Wildman–Crippen LogP) is 1.16. The molecule has 1 N–H and O–H groups in total. The van der Waals surface area contributed by atoms with Gasteiger partial charge in [0.2, 0.25) is 5.88 Å². The normalized spacial score (nSPS) is 11.3. The Hall–Kier alpha value is -1.99. The molecule has 1 aromatic heterocycles. The topological polar surface area (TPSA) is 89.4 Å². The van der Waals surface area contributed by atoms with Crippen LogP contribution in [0.15, 0.2) is 41.3 Å². The van der Waals surface area contributed by atoms with E-state index in [-0.39, 0.29) is 17.4 Å². The zero-order chi connectivity index (χ0) is 13.9. The molecule has 0 saturated carbocycles. The molecule has 19 heavy (non-hydrogen) atoms. The van der Waals surface area contributed by atoms with Crippen LogP contribution in [0.2, 0.25) is 0 Å². The zero-order valence-electron chi connectivity index (χ0n) is 10.1. The van der Waals surface area contributed by atoms with Crippen molar-refractivity contribution in [1.29, 1.82) is 0 Å². The number of aromatic nitrogens is 2. The van der Waals surface area contributed by atoms with Crippen molar-refractivity contribution in [2.75, 3.05) is 6.26 Å². The van der Waals surface area contributed by atoms with Gasteiger partial charge in [-0.05, 0) is 30.3 Å². The van der Waals surface area contributed by atoms with Crippen molar-refractivity contribution in [3.05, 3.63) is 42.1 Å². The number of ether oxygens (including phenoxy) is 1. The van der Waals surface area contributed by atoms with Crippen molar-refractivity contribution in [2.45, 2.75) is 11.5 Å². The van der Waals surface area contributed by atoms with Crippen molar-refractivity contribution >= 4 is 9.84 Å². The molecule has 1 heterocycles. The summed E-state index contributed by atoms with van der Waals surface area (Å²) in [6.45, 7) is -0.184. The molecule has 0 unspecified atom stereocenters. The number of aliphatic hydroxyl groups is 1. The summed E-state index contributed by atoms with van der Waals surface area (Å²) in [7, 11) is -3.21.